The average molecular weight is 437 g/mol. The number of benzene rings is 1. The first-order valence-electron chi connectivity index (χ1n) is 8.88. The molecular weight excluding hydrogens is 416 g/mol. The van der Waals surface area contributed by atoms with Crippen LogP contribution in [-0.2, 0) is 20.6 Å². The Balaban J connectivity index is 1.53. The van der Waals surface area contributed by atoms with Gasteiger partial charge in [-0.25, -0.2) is 8.42 Å². The molecule has 0 saturated carbocycles. The van der Waals surface area contributed by atoms with E-state index in [1.54, 1.807) is 11.1 Å². The summed E-state index contributed by atoms with van der Waals surface area (Å²) in [6, 6.07) is 10.6. The van der Waals surface area contributed by atoms with Gasteiger partial charge in [0.05, 0.1) is 21.3 Å². The summed E-state index contributed by atoms with van der Waals surface area (Å²) >= 11 is 1.47. The van der Waals surface area contributed by atoms with Crippen molar-refractivity contribution in [2.24, 2.45) is 0 Å². The molecule has 1 amide bonds. The van der Waals surface area contributed by atoms with Crippen LogP contribution in [0.4, 0.5) is 5.69 Å². The highest BCUT2D eigenvalue weighted by Crippen LogP contribution is 2.22. The van der Waals surface area contributed by atoms with Crippen LogP contribution < -0.4 is 0 Å². The van der Waals surface area contributed by atoms with Crippen molar-refractivity contribution in [3.8, 4) is 0 Å². The molecular formula is C18H20N4O5S2. The van der Waals surface area contributed by atoms with Gasteiger partial charge in [0.2, 0.25) is 15.9 Å². The number of sulfonamides is 1. The average Bonchev–Trinajstić information content (AvgIpc) is 2.74. The van der Waals surface area contributed by atoms with Crippen LogP contribution in [0.1, 0.15) is 5.69 Å². The quantitative estimate of drug-likeness (QED) is 0.480. The van der Waals surface area contributed by atoms with E-state index >= 15 is 0 Å². The van der Waals surface area contributed by atoms with Crippen molar-refractivity contribution in [2.75, 3.05) is 31.9 Å². The Morgan fingerprint density at radius 3 is 2.55 bits per heavy atom. The SMILES string of the molecule is O=C(CSCc1ccccn1)N1CCN(S(=O)(=O)c2cccc([N+](=O)[O-])c2)CC1. The number of amides is 1. The maximum atomic E-state index is 12.8. The van der Waals surface area contributed by atoms with Crippen LogP contribution in [0, 0.1) is 10.1 Å². The van der Waals surface area contributed by atoms with Crippen LogP contribution in [0.3, 0.4) is 0 Å². The smallest absolute Gasteiger partial charge is 0.270 e. The molecule has 11 heteroatoms. The Labute approximate surface area is 172 Å². The minimum atomic E-state index is -3.84. The second-order valence-corrected chi connectivity index (χ2v) is 9.28. The van der Waals surface area contributed by atoms with Crippen molar-refractivity contribution in [3.05, 3.63) is 64.5 Å². The highest BCUT2D eigenvalue weighted by molar-refractivity contribution is 7.99. The molecule has 29 heavy (non-hydrogen) atoms. The number of nitrogens with zero attached hydrogens (tertiary/aromatic N) is 4. The fourth-order valence-electron chi connectivity index (χ4n) is 2.90. The molecule has 9 nitrogen and oxygen atoms in total. The first-order valence-corrected chi connectivity index (χ1v) is 11.5. The van der Waals surface area contributed by atoms with Gasteiger partial charge < -0.3 is 4.90 Å². The number of non-ortho nitro benzene ring substituents is 1. The Kier molecular flexibility index (Phi) is 6.83. The fraction of sp³-hybridized carbons (Fsp3) is 0.333. The minimum Gasteiger partial charge on any atom is -0.339 e. The molecule has 0 radical (unpaired) electrons. The standard InChI is InChI=1S/C18H20N4O5S2/c23-18(14-28-13-15-4-1-2-7-19-15)20-8-10-21(11-9-20)29(26,27)17-6-3-5-16(12-17)22(24)25/h1-7,12H,8-11,13-14H2. The van der Waals surface area contributed by atoms with Gasteiger partial charge in [0.25, 0.3) is 5.69 Å². The van der Waals surface area contributed by atoms with E-state index in [0.29, 0.717) is 11.5 Å². The monoisotopic (exact) mass is 436 g/mol. The summed E-state index contributed by atoms with van der Waals surface area (Å²) in [6.45, 7) is 0.887. The number of carbonyl (C=O) groups excluding carboxylic acids is 1. The molecule has 0 bridgehead atoms. The summed E-state index contributed by atoms with van der Waals surface area (Å²) in [7, 11) is -3.84. The number of nitro benzene ring substituents is 1. The lowest BCUT2D eigenvalue weighted by Gasteiger charge is -2.34. The predicted molar refractivity (Wildman–Crippen MR) is 109 cm³/mol. The van der Waals surface area contributed by atoms with E-state index in [4.69, 9.17) is 0 Å². The first-order chi connectivity index (χ1) is 13.9. The van der Waals surface area contributed by atoms with Crippen LogP contribution in [0.2, 0.25) is 0 Å². The van der Waals surface area contributed by atoms with E-state index in [-0.39, 0.29) is 42.7 Å². The number of thioether (sulfide) groups is 1. The molecule has 0 unspecified atom stereocenters. The van der Waals surface area contributed by atoms with Crippen LogP contribution in [0.25, 0.3) is 0 Å². The van der Waals surface area contributed by atoms with Crippen molar-refractivity contribution < 1.29 is 18.1 Å². The first kappa shape index (κ1) is 21.2. The van der Waals surface area contributed by atoms with Crippen molar-refractivity contribution >= 4 is 33.4 Å². The van der Waals surface area contributed by atoms with Gasteiger partial charge in [-0.1, -0.05) is 12.1 Å². The van der Waals surface area contributed by atoms with Gasteiger partial charge >= 0.3 is 0 Å². The highest BCUT2D eigenvalue weighted by atomic mass is 32.2. The lowest BCUT2D eigenvalue weighted by atomic mass is 10.3. The molecule has 0 aliphatic carbocycles. The van der Waals surface area contributed by atoms with Gasteiger partial charge in [-0.3, -0.25) is 19.9 Å². The molecule has 1 aliphatic heterocycles. The maximum Gasteiger partial charge on any atom is 0.270 e. The zero-order chi connectivity index (χ0) is 20.9. The number of hydrogen-bond donors (Lipinski definition) is 0. The second-order valence-electron chi connectivity index (χ2n) is 6.35. The Morgan fingerprint density at radius 1 is 1.14 bits per heavy atom. The van der Waals surface area contributed by atoms with Gasteiger partial charge in [0.15, 0.2) is 0 Å². The van der Waals surface area contributed by atoms with E-state index in [0.717, 1.165) is 11.8 Å². The maximum absolute atomic E-state index is 12.8. The molecule has 1 aliphatic rings. The molecule has 2 aromatic rings. The molecule has 0 atom stereocenters. The molecule has 0 spiro atoms. The van der Waals surface area contributed by atoms with E-state index in [9.17, 15) is 23.3 Å². The van der Waals surface area contributed by atoms with Gasteiger partial charge in [0.1, 0.15) is 0 Å². The molecule has 1 fully saturated rings. The lowest BCUT2D eigenvalue weighted by molar-refractivity contribution is -0.385. The normalized spacial score (nSPS) is 15.2. The summed E-state index contributed by atoms with van der Waals surface area (Å²) in [4.78, 5) is 28.4. The van der Waals surface area contributed by atoms with Gasteiger partial charge in [-0.05, 0) is 18.2 Å². The Morgan fingerprint density at radius 2 is 1.90 bits per heavy atom. The molecule has 0 N–H and O–H groups in total. The van der Waals surface area contributed by atoms with Crippen LogP contribution in [0.15, 0.2) is 53.6 Å². The number of hydrogen-bond acceptors (Lipinski definition) is 7. The van der Waals surface area contributed by atoms with E-state index < -0.39 is 14.9 Å². The van der Waals surface area contributed by atoms with Crippen molar-refractivity contribution in [3.63, 3.8) is 0 Å². The van der Waals surface area contributed by atoms with Gasteiger partial charge in [0, 0.05) is 50.3 Å². The number of nitro groups is 1. The van der Waals surface area contributed by atoms with E-state index in [2.05, 4.69) is 4.98 Å². The molecule has 3 rings (SSSR count). The molecule has 1 aromatic heterocycles. The summed E-state index contributed by atoms with van der Waals surface area (Å²) in [6.07, 6.45) is 1.71. The number of pyridine rings is 1. The third-order valence-corrected chi connectivity index (χ3v) is 7.30. The van der Waals surface area contributed by atoms with Crippen molar-refractivity contribution in [2.45, 2.75) is 10.6 Å². The van der Waals surface area contributed by atoms with Gasteiger partial charge in [-0.15, -0.1) is 11.8 Å². The van der Waals surface area contributed by atoms with E-state index in [1.165, 1.54) is 34.3 Å². The fourth-order valence-corrected chi connectivity index (χ4v) is 5.20. The molecule has 154 valence electrons. The number of aromatic nitrogens is 1. The van der Waals surface area contributed by atoms with Crippen molar-refractivity contribution in [1.29, 1.82) is 0 Å². The largest absolute Gasteiger partial charge is 0.339 e. The van der Waals surface area contributed by atoms with Crippen LogP contribution >= 0.6 is 11.8 Å². The topological polar surface area (TPSA) is 114 Å². The third-order valence-electron chi connectivity index (χ3n) is 4.46. The summed E-state index contributed by atoms with van der Waals surface area (Å²) < 4.78 is 26.8. The Bertz CT molecular complexity index is 977. The zero-order valence-corrected chi connectivity index (χ0v) is 17.1. The number of carbonyl (C=O) groups is 1. The molecule has 2 heterocycles. The van der Waals surface area contributed by atoms with Crippen LogP contribution in [-0.4, -0.2) is 65.4 Å². The summed E-state index contributed by atoms with van der Waals surface area (Å²) in [5.41, 5.74) is 0.628. The zero-order valence-electron chi connectivity index (χ0n) is 15.5. The van der Waals surface area contributed by atoms with Gasteiger partial charge in [-0.2, -0.15) is 4.31 Å². The highest BCUT2D eigenvalue weighted by Gasteiger charge is 2.30. The number of rotatable bonds is 7. The second kappa shape index (κ2) is 9.33. The van der Waals surface area contributed by atoms with Crippen molar-refractivity contribution in [1.82, 2.24) is 14.2 Å². The summed E-state index contributed by atoms with van der Waals surface area (Å²) in [5, 5.41) is 10.9. The summed E-state index contributed by atoms with van der Waals surface area (Å²) in [5.74, 6) is 0.889. The van der Waals surface area contributed by atoms with E-state index in [1.807, 2.05) is 18.2 Å². The number of piperazine rings is 1. The Hall–Kier alpha value is -2.50. The predicted octanol–water partition coefficient (Wildman–Crippen LogP) is 1.76. The van der Waals surface area contributed by atoms with Crippen LogP contribution in [0.5, 0.6) is 0 Å². The third kappa shape index (κ3) is 5.31. The minimum absolute atomic E-state index is 0.0432. The lowest BCUT2D eigenvalue weighted by Crippen LogP contribution is -2.50. The molecule has 1 saturated heterocycles. The molecule has 1 aromatic carbocycles.